The number of primary amides is 1. The first-order valence-corrected chi connectivity index (χ1v) is 9.18. The number of benzene rings is 1. The van der Waals surface area contributed by atoms with Crippen molar-refractivity contribution in [1.29, 1.82) is 5.26 Å². The van der Waals surface area contributed by atoms with Crippen molar-refractivity contribution < 1.29 is 4.79 Å². The molecule has 3 aromatic rings. The Morgan fingerprint density at radius 3 is 2.79 bits per heavy atom. The highest BCUT2D eigenvalue weighted by molar-refractivity contribution is 5.98. The van der Waals surface area contributed by atoms with Crippen LogP contribution < -0.4 is 11.5 Å². The standard InChI is InChI=1S/C22H21N5O/c1-12-4-6-26-10-16(12)14-7-15-9-20(27-11-17(15)19(24)8-14)22(21(25)28)13(2)18(22)3-5-23/h4,6-11,13,18H,3,24H2,1-2H3,(H2,25,28). The number of pyridine rings is 2. The second kappa shape index (κ2) is 6.31. The first-order valence-electron chi connectivity index (χ1n) is 9.18. The zero-order valence-electron chi connectivity index (χ0n) is 15.8. The average Bonchev–Trinajstić information content (AvgIpc) is 3.26. The van der Waals surface area contributed by atoms with Gasteiger partial charge >= 0.3 is 0 Å². The van der Waals surface area contributed by atoms with E-state index in [1.807, 2.05) is 44.3 Å². The van der Waals surface area contributed by atoms with Gasteiger partial charge < -0.3 is 11.5 Å². The number of nitriles is 1. The number of hydrogen-bond acceptors (Lipinski definition) is 5. The van der Waals surface area contributed by atoms with Gasteiger partial charge in [0.2, 0.25) is 5.91 Å². The highest BCUT2D eigenvalue weighted by atomic mass is 16.1. The Hall–Kier alpha value is -3.46. The number of aryl methyl sites for hydroxylation is 1. The first kappa shape index (κ1) is 17.9. The fraction of sp³-hybridized carbons (Fsp3) is 0.273. The molecule has 0 bridgehead atoms. The largest absolute Gasteiger partial charge is 0.398 e. The van der Waals surface area contributed by atoms with Gasteiger partial charge in [-0.1, -0.05) is 6.92 Å². The Morgan fingerprint density at radius 2 is 2.11 bits per heavy atom. The van der Waals surface area contributed by atoms with Crippen molar-refractivity contribution in [3.63, 3.8) is 0 Å². The molecular weight excluding hydrogens is 350 g/mol. The molecular formula is C22H21N5O. The summed E-state index contributed by atoms with van der Waals surface area (Å²) in [5.74, 6) is -0.559. The van der Waals surface area contributed by atoms with Gasteiger partial charge in [0.1, 0.15) is 0 Å². The number of nitrogens with two attached hydrogens (primary N) is 2. The maximum atomic E-state index is 12.4. The Labute approximate surface area is 163 Å². The van der Waals surface area contributed by atoms with Crippen LogP contribution in [0, 0.1) is 30.1 Å². The van der Waals surface area contributed by atoms with E-state index < -0.39 is 11.3 Å². The van der Waals surface area contributed by atoms with Crippen LogP contribution in [0.5, 0.6) is 0 Å². The average molecular weight is 371 g/mol. The molecule has 1 fully saturated rings. The molecule has 0 spiro atoms. The predicted molar refractivity (Wildman–Crippen MR) is 108 cm³/mol. The van der Waals surface area contributed by atoms with Gasteiger partial charge in [-0.25, -0.2) is 0 Å². The van der Waals surface area contributed by atoms with Crippen LogP contribution in [0.4, 0.5) is 5.69 Å². The maximum absolute atomic E-state index is 12.4. The Balaban J connectivity index is 1.89. The third kappa shape index (κ3) is 2.43. The van der Waals surface area contributed by atoms with Crippen molar-refractivity contribution in [1.82, 2.24) is 9.97 Å². The molecule has 1 aliphatic rings. The van der Waals surface area contributed by atoms with Crippen LogP contribution in [0.3, 0.4) is 0 Å². The summed E-state index contributed by atoms with van der Waals surface area (Å²) in [5.41, 5.74) is 15.4. The minimum absolute atomic E-state index is 0.0179. The SMILES string of the molecule is Cc1ccncc1-c1cc(N)c2cnc(C3(C(N)=O)C(C)C3CC#N)cc2c1. The molecule has 0 aliphatic heterocycles. The molecule has 6 nitrogen and oxygen atoms in total. The molecule has 1 aliphatic carbocycles. The summed E-state index contributed by atoms with van der Waals surface area (Å²) in [7, 11) is 0. The lowest BCUT2D eigenvalue weighted by Crippen LogP contribution is -2.32. The van der Waals surface area contributed by atoms with Gasteiger partial charge in [0, 0.05) is 41.6 Å². The normalized spacial score (nSPS) is 23.3. The van der Waals surface area contributed by atoms with E-state index in [1.165, 1.54) is 0 Å². The Morgan fingerprint density at radius 1 is 1.32 bits per heavy atom. The van der Waals surface area contributed by atoms with Gasteiger partial charge in [0.05, 0.1) is 17.2 Å². The number of anilines is 1. The van der Waals surface area contributed by atoms with E-state index in [9.17, 15) is 4.79 Å². The number of amides is 1. The molecule has 140 valence electrons. The van der Waals surface area contributed by atoms with Gasteiger partial charge in [-0.05, 0) is 59.5 Å². The summed E-state index contributed by atoms with van der Waals surface area (Å²) in [6.07, 6.45) is 5.54. The van der Waals surface area contributed by atoms with E-state index in [1.54, 1.807) is 12.4 Å². The van der Waals surface area contributed by atoms with E-state index in [2.05, 4.69) is 16.0 Å². The van der Waals surface area contributed by atoms with Crippen LogP contribution in [-0.4, -0.2) is 15.9 Å². The Kier molecular flexibility index (Phi) is 4.04. The van der Waals surface area contributed by atoms with E-state index in [-0.39, 0.29) is 18.3 Å². The second-order valence-electron chi connectivity index (χ2n) is 7.54. The fourth-order valence-corrected chi connectivity index (χ4v) is 4.48. The van der Waals surface area contributed by atoms with Gasteiger partial charge in [-0.15, -0.1) is 0 Å². The van der Waals surface area contributed by atoms with E-state index >= 15 is 0 Å². The van der Waals surface area contributed by atoms with Crippen LogP contribution in [0.15, 0.2) is 42.9 Å². The molecule has 2 aromatic heterocycles. The lowest BCUT2D eigenvalue weighted by atomic mass is 9.92. The van der Waals surface area contributed by atoms with Crippen LogP contribution in [0.1, 0.15) is 24.6 Å². The van der Waals surface area contributed by atoms with Crippen molar-refractivity contribution in [2.75, 3.05) is 5.73 Å². The van der Waals surface area contributed by atoms with Crippen LogP contribution >= 0.6 is 0 Å². The highest BCUT2D eigenvalue weighted by Crippen LogP contribution is 2.60. The minimum atomic E-state index is -0.890. The molecule has 0 radical (unpaired) electrons. The van der Waals surface area contributed by atoms with E-state index in [0.29, 0.717) is 11.4 Å². The van der Waals surface area contributed by atoms with Gasteiger partial charge in [0.15, 0.2) is 0 Å². The molecule has 1 amide bonds. The highest BCUT2D eigenvalue weighted by Gasteiger charge is 2.67. The van der Waals surface area contributed by atoms with Crippen LogP contribution in [0.25, 0.3) is 21.9 Å². The fourth-order valence-electron chi connectivity index (χ4n) is 4.48. The van der Waals surface area contributed by atoms with Crippen LogP contribution in [0.2, 0.25) is 0 Å². The number of aromatic nitrogens is 2. The smallest absolute Gasteiger partial charge is 0.230 e. The summed E-state index contributed by atoms with van der Waals surface area (Å²) in [6.45, 7) is 3.97. The first-order chi connectivity index (χ1) is 13.4. The monoisotopic (exact) mass is 371 g/mol. The summed E-state index contributed by atoms with van der Waals surface area (Å²) >= 11 is 0. The van der Waals surface area contributed by atoms with Gasteiger partial charge in [-0.2, -0.15) is 5.26 Å². The van der Waals surface area contributed by atoms with Crippen LogP contribution in [-0.2, 0) is 10.2 Å². The van der Waals surface area contributed by atoms with Gasteiger partial charge in [0.25, 0.3) is 0 Å². The van der Waals surface area contributed by atoms with Crippen molar-refractivity contribution in [3.8, 4) is 17.2 Å². The zero-order valence-corrected chi connectivity index (χ0v) is 15.8. The molecule has 4 rings (SSSR count). The van der Waals surface area contributed by atoms with Crippen molar-refractivity contribution in [2.24, 2.45) is 17.6 Å². The Bertz CT molecular complexity index is 1150. The number of carbonyl (C=O) groups is 1. The molecule has 0 saturated heterocycles. The number of nitrogen functional groups attached to an aromatic ring is 1. The lowest BCUT2D eigenvalue weighted by molar-refractivity contribution is -0.121. The predicted octanol–water partition coefficient (Wildman–Crippen LogP) is 3.09. The summed E-state index contributed by atoms with van der Waals surface area (Å²) in [5, 5.41) is 10.8. The molecule has 6 heteroatoms. The molecule has 28 heavy (non-hydrogen) atoms. The zero-order chi connectivity index (χ0) is 20.1. The van der Waals surface area contributed by atoms with Crippen molar-refractivity contribution in [3.05, 3.63) is 54.1 Å². The van der Waals surface area contributed by atoms with Crippen molar-refractivity contribution in [2.45, 2.75) is 25.7 Å². The summed E-state index contributed by atoms with van der Waals surface area (Å²) < 4.78 is 0. The van der Waals surface area contributed by atoms with Gasteiger partial charge in [-0.3, -0.25) is 14.8 Å². The molecule has 3 atom stereocenters. The maximum Gasteiger partial charge on any atom is 0.230 e. The molecule has 2 heterocycles. The minimum Gasteiger partial charge on any atom is -0.398 e. The number of rotatable bonds is 4. The quantitative estimate of drug-likeness (QED) is 0.683. The second-order valence-corrected chi connectivity index (χ2v) is 7.54. The number of carbonyl (C=O) groups excluding carboxylic acids is 1. The molecule has 4 N–H and O–H groups in total. The van der Waals surface area contributed by atoms with E-state index in [0.717, 1.165) is 27.5 Å². The number of hydrogen-bond donors (Lipinski definition) is 2. The topological polar surface area (TPSA) is 119 Å². The molecule has 1 aromatic carbocycles. The lowest BCUT2D eigenvalue weighted by Gasteiger charge is -2.15. The third-order valence-electron chi connectivity index (χ3n) is 6.16. The van der Waals surface area contributed by atoms with E-state index in [4.69, 9.17) is 16.7 Å². The molecule has 3 unspecified atom stereocenters. The molecule has 1 saturated carbocycles. The van der Waals surface area contributed by atoms with Crippen molar-refractivity contribution >= 4 is 22.4 Å². The summed E-state index contributed by atoms with van der Waals surface area (Å²) in [6, 6.07) is 9.94. The summed E-state index contributed by atoms with van der Waals surface area (Å²) in [4.78, 5) is 21.1. The number of nitrogens with zero attached hydrogens (tertiary/aromatic N) is 3. The number of fused-ring (bicyclic) bond motifs is 1. The third-order valence-corrected chi connectivity index (χ3v) is 6.16.